The Hall–Kier alpha value is -5.75. The maximum atomic E-state index is 12.8. The van der Waals surface area contributed by atoms with E-state index in [2.05, 4.69) is 154 Å². The zero-order valence-corrected chi connectivity index (χ0v) is 43.0. The van der Waals surface area contributed by atoms with E-state index in [4.69, 9.17) is 14.2 Å². The van der Waals surface area contributed by atoms with Crippen molar-refractivity contribution in [1.29, 1.82) is 0 Å². The molecule has 0 saturated carbocycles. The van der Waals surface area contributed by atoms with Crippen LogP contribution < -0.4 is 0 Å². The van der Waals surface area contributed by atoms with Crippen molar-refractivity contribution in [3.63, 3.8) is 0 Å². The first kappa shape index (κ1) is 63.2. The first-order chi connectivity index (χ1) is 34.0. The third kappa shape index (κ3) is 53.1. The van der Waals surface area contributed by atoms with Crippen molar-refractivity contribution in [3.8, 4) is 0 Å². The highest BCUT2D eigenvalue weighted by Gasteiger charge is 2.19. The minimum Gasteiger partial charge on any atom is -0.462 e. The van der Waals surface area contributed by atoms with Crippen molar-refractivity contribution in [1.82, 2.24) is 0 Å². The quantitative estimate of drug-likeness (QED) is 0.0199. The molecule has 0 radical (unpaired) electrons. The number of hydrogen-bond acceptors (Lipinski definition) is 6. The van der Waals surface area contributed by atoms with Crippen LogP contribution in [0.4, 0.5) is 0 Å². The smallest absolute Gasteiger partial charge is 0.306 e. The third-order valence-corrected chi connectivity index (χ3v) is 9.70. The van der Waals surface area contributed by atoms with Crippen molar-refractivity contribution in [3.05, 3.63) is 194 Å². The van der Waals surface area contributed by atoms with Crippen molar-refractivity contribution in [2.45, 2.75) is 168 Å². The van der Waals surface area contributed by atoms with Crippen molar-refractivity contribution >= 4 is 17.9 Å². The van der Waals surface area contributed by atoms with E-state index in [9.17, 15) is 14.4 Å². The molecule has 0 fully saturated rings. The number of esters is 3. The standard InChI is InChI=1S/C63H90O6/c1-4-7-10-13-16-19-22-25-27-29-31-33-35-38-41-44-47-50-53-56-62(65)68-59-60(58-67-61(64)55-52-49-46-43-40-37-24-21-18-15-12-9-6-3)69-63(66)57-54-51-48-45-42-39-36-34-32-30-28-26-23-20-17-14-11-8-5-2/h7-12,15-21,24-28,31-34,37-42,47-48,50-51,60H,4-6,13-14,22-23,29-30,35-36,43-46,49,52-59H2,1-3H3/b10-7-,11-8-,12-9-,18-15-,19-16-,20-17-,24-21-,27-25-,28-26-,33-31-,34-32-,40-37-,41-38-,42-39-,50-47-,51-48-. The fourth-order valence-corrected chi connectivity index (χ4v) is 5.91. The van der Waals surface area contributed by atoms with E-state index in [1.54, 1.807) is 0 Å². The topological polar surface area (TPSA) is 78.9 Å². The molecule has 0 aliphatic carbocycles. The Bertz CT molecular complexity index is 1750. The summed E-state index contributed by atoms with van der Waals surface area (Å²) in [4.78, 5) is 38.0. The van der Waals surface area contributed by atoms with Gasteiger partial charge in [0, 0.05) is 19.3 Å². The second-order valence-electron chi connectivity index (χ2n) is 16.0. The van der Waals surface area contributed by atoms with Crippen LogP contribution in [-0.2, 0) is 28.6 Å². The first-order valence-corrected chi connectivity index (χ1v) is 26.0. The molecule has 0 aromatic rings. The van der Waals surface area contributed by atoms with Crippen LogP contribution in [0.3, 0.4) is 0 Å². The molecule has 0 aliphatic heterocycles. The summed E-state index contributed by atoms with van der Waals surface area (Å²) in [5, 5.41) is 0. The average molecular weight is 943 g/mol. The summed E-state index contributed by atoms with van der Waals surface area (Å²) in [6, 6.07) is 0. The summed E-state index contributed by atoms with van der Waals surface area (Å²) in [6.45, 7) is 6.06. The van der Waals surface area contributed by atoms with Crippen LogP contribution >= 0.6 is 0 Å². The molecular formula is C63H90O6. The zero-order chi connectivity index (χ0) is 50.0. The highest BCUT2D eigenvalue weighted by Crippen LogP contribution is 2.09. The van der Waals surface area contributed by atoms with Crippen LogP contribution in [0, 0.1) is 0 Å². The van der Waals surface area contributed by atoms with Gasteiger partial charge in [0.1, 0.15) is 13.2 Å². The van der Waals surface area contributed by atoms with Gasteiger partial charge < -0.3 is 14.2 Å². The molecule has 0 heterocycles. The maximum absolute atomic E-state index is 12.8. The molecule has 6 heteroatoms. The van der Waals surface area contributed by atoms with Crippen molar-refractivity contribution < 1.29 is 28.6 Å². The Morgan fingerprint density at radius 3 is 1.01 bits per heavy atom. The van der Waals surface area contributed by atoms with E-state index in [1.165, 1.54) is 0 Å². The van der Waals surface area contributed by atoms with Gasteiger partial charge in [0.2, 0.25) is 0 Å². The molecule has 0 saturated heterocycles. The number of ether oxygens (including phenoxy) is 3. The molecule has 1 unspecified atom stereocenters. The molecular weight excluding hydrogens is 853 g/mol. The molecule has 378 valence electrons. The second kappa shape index (κ2) is 54.9. The van der Waals surface area contributed by atoms with Gasteiger partial charge in [0.05, 0.1) is 0 Å². The van der Waals surface area contributed by atoms with E-state index >= 15 is 0 Å². The molecule has 6 nitrogen and oxygen atoms in total. The summed E-state index contributed by atoms with van der Waals surface area (Å²) in [7, 11) is 0. The van der Waals surface area contributed by atoms with Gasteiger partial charge in [-0.1, -0.05) is 222 Å². The van der Waals surface area contributed by atoms with Crippen molar-refractivity contribution in [2.75, 3.05) is 13.2 Å². The predicted molar refractivity (Wildman–Crippen MR) is 297 cm³/mol. The fourth-order valence-electron chi connectivity index (χ4n) is 5.91. The molecule has 0 aromatic carbocycles. The molecule has 69 heavy (non-hydrogen) atoms. The van der Waals surface area contributed by atoms with Crippen LogP contribution in [0.2, 0.25) is 0 Å². The van der Waals surface area contributed by atoms with Gasteiger partial charge in [-0.3, -0.25) is 14.4 Å². The van der Waals surface area contributed by atoms with E-state index in [-0.39, 0.29) is 38.4 Å². The molecule has 0 aromatic heterocycles. The summed E-state index contributed by atoms with van der Waals surface area (Å²) in [5.41, 5.74) is 0. The molecule has 1 atom stereocenters. The van der Waals surface area contributed by atoms with E-state index < -0.39 is 18.0 Å². The van der Waals surface area contributed by atoms with Gasteiger partial charge in [-0.15, -0.1) is 0 Å². The lowest BCUT2D eigenvalue weighted by atomic mass is 10.1. The second-order valence-corrected chi connectivity index (χ2v) is 16.0. The van der Waals surface area contributed by atoms with Gasteiger partial charge >= 0.3 is 17.9 Å². The molecule has 0 N–H and O–H groups in total. The predicted octanol–water partition coefficient (Wildman–Crippen LogP) is 17.5. The lowest BCUT2D eigenvalue weighted by Crippen LogP contribution is -2.30. The van der Waals surface area contributed by atoms with Crippen LogP contribution in [0.25, 0.3) is 0 Å². The molecule has 0 aliphatic rings. The van der Waals surface area contributed by atoms with E-state index in [1.807, 2.05) is 60.8 Å². The van der Waals surface area contributed by atoms with Gasteiger partial charge in [0.15, 0.2) is 6.10 Å². The maximum Gasteiger partial charge on any atom is 0.306 e. The Morgan fingerprint density at radius 1 is 0.304 bits per heavy atom. The molecule has 0 rings (SSSR count). The Kier molecular flexibility index (Phi) is 50.3. The summed E-state index contributed by atoms with van der Waals surface area (Å²) in [5.74, 6) is -1.19. The third-order valence-electron chi connectivity index (χ3n) is 9.70. The largest absolute Gasteiger partial charge is 0.462 e. The number of unbranched alkanes of at least 4 members (excludes halogenated alkanes) is 3. The highest BCUT2D eigenvalue weighted by molar-refractivity contribution is 5.71. The van der Waals surface area contributed by atoms with Gasteiger partial charge in [-0.2, -0.15) is 0 Å². The molecule has 0 amide bonds. The van der Waals surface area contributed by atoms with Gasteiger partial charge in [-0.25, -0.2) is 0 Å². The Labute approximate surface area is 420 Å². The Morgan fingerprint density at radius 2 is 0.623 bits per heavy atom. The van der Waals surface area contributed by atoms with Gasteiger partial charge in [0.25, 0.3) is 0 Å². The first-order valence-electron chi connectivity index (χ1n) is 26.0. The minimum atomic E-state index is -0.878. The number of rotatable bonds is 43. The Balaban J connectivity index is 4.72. The van der Waals surface area contributed by atoms with Crippen LogP contribution in [-0.4, -0.2) is 37.2 Å². The van der Waals surface area contributed by atoms with Crippen molar-refractivity contribution in [2.24, 2.45) is 0 Å². The number of hydrogen-bond donors (Lipinski definition) is 0. The molecule has 0 bridgehead atoms. The monoisotopic (exact) mass is 943 g/mol. The summed E-state index contributed by atoms with van der Waals surface area (Å²) >= 11 is 0. The highest BCUT2D eigenvalue weighted by atomic mass is 16.6. The van der Waals surface area contributed by atoms with Crippen LogP contribution in [0.15, 0.2) is 194 Å². The van der Waals surface area contributed by atoms with Gasteiger partial charge in [-0.05, 0) is 116 Å². The average Bonchev–Trinajstić information content (AvgIpc) is 3.35. The van der Waals surface area contributed by atoms with E-state index in [0.29, 0.717) is 19.3 Å². The SMILES string of the molecule is CC\C=C/C=C\C=C/C=C\CCCCCC(=O)OCC(COC(=O)CC/C=C\C/C=C\C/C=C\C/C=C\C/C=C\C/C=C\CC)OC(=O)CC/C=C\C/C=C\C/C=C\C/C=C\C/C=C\C/C=C\CC. The summed E-state index contributed by atoms with van der Waals surface area (Å²) in [6.07, 6.45) is 84.4. The number of allylic oxidation sites excluding steroid dienone is 32. The fraction of sp³-hybridized carbons (Fsp3) is 0.444. The molecule has 0 spiro atoms. The number of carbonyl (C=O) groups excluding carboxylic acids is 3. The summed E-state index contributed by atoms with van der Waals surface area (Å²) < 4.78 is 16.6. The van der Waals surface area contributed by atoms with Crippen LogP contribution in [0.5, 0.6) is 0 Å². The lowest BCUT2D eigenvalue weighted by molar-refractivity contribution is -0.166. The normalized spacial score (nSPS) is 13.7. The number of carbonyl (C=O) groups is 3. The minimum absolute atomic E-state index is 0.164. The zero-order valence-electron chi connectivity index (χ0n) is 43.0. The lowest BCUT2D eigenvalue weighted by Gasteiger charge is -2.18. The van der Waals surface area contributed by atoms with Crippen LogP contribution in [0.1, 0.15) is 162 Å². The van der Waals surface area contributed by atoms with E-state index in [0.717, 1.165) is 103 Å².